The lowest BCUT2D eigenvalue weighted by atomic mass is 10.1. The van der Waals surface area contributed by atoms with Crippen LogP contribution in [0.4, 0.5) is 11.6 Å². The van der Waals surface area contributed by atoms with Crippen molar-refractivity contribution in [3.63, 3.8) is 0 Å². The van der Waals surface area contributed by atoms with Crippen molar-refractivity contribution in [2.24, 2.45) is 0 Å². The van der Waals surface area contributed by atoms with Gasteiger partial charge in [-0.25, -0.2) is 4.98 Å². The van der Waals surface area contributed by atoms with Gasteiger partial charge in [-0.15, -0.1) is 0 Å². The molecule has 0 radical (unpaired) electrons. The van der Waals surface area contributed by atoms with Gasteiger partial charge >= 0.3 is 0 Å². The number of halogens is 1. The standard InChI is InChI=1S/C15H14ClN3O2/c1-9-15(20)19(8-10-4-2-3-5-11(10)16)14-12(21-9)6-7-13(17)18-14/h2-7,9H,8H2,1H3,(H2,17,18). The van der Waals surface area contributed by atoms with Crippen LogP contribution in [0.3, 0.4) is 0 Å². The Morgan fingerprint density at radius 3 is 2.86 bits per heavy atom. The minimum absolute atomic E-state index is 0.166. The number of amides is 1. The first-order valence-electron chi connectivity index (χ1n) is 6.54. The number of fused-ring (bicyclic) bond motifs is 1. The summed E-state index contributed by atoms with van der Waals surface area (Å²) in [6.45, 7) is 2.04. The molecule has 1 unspecified atom stereocenters. The lowest BCUT2D eigenvalue weighted by Crippen LogP contribution is -2.44. The molecule has 0 saturated heterocycles. The van der Waals surface area contributed by atoms with E-state index >= 15 is 0 Å². The number of nitrogens with zero attached hydrogens (tertiary/aromatic N) is 2. The summed E-state index contributed by atoms with van der Waals surface area (Å²) in [4.78, 5) is 18.2. The van der Waals surface area contributed by atoms with E-state index in [9.17, 15) is 4.79 Å². The number of aromatic nitrogens is 1. The van der Waals surface area contributed by atoms with Crippen molar-refractivity contribution in [3.05, 3.63) is 47.0 Å². The fourth-order valence-corrected chi connectivity index (χ4v) is 2.45. The molecule has 5 nitrogen and oxygen atoms in total. The van der Waals surface area contributed by atoms with Gasteiger partial charge < -0.3 is 10.5 Å². The number of carbonyl (C=O) groups is 1. The van der Waals surface area contributed by atoms with Crippen molar-refractivity contribution in [2.75, 3.05) is 10.6 Å². The van der Waals surface area contributed by atoms with Gasteiger partial charge in [-0.2, -0.15) is 0 Å². The number of benzene rings is 1. The maximum atomic E-state index is 12.4. The number of anilines is 2. The number of ether oxygens (including phenoxy) is 1. The minimum atomic E-state index is -0.564. The average molecular weight is 304 g/mol. The zero-order chi connectivity index (χ0) is 15.0. The van der Waals surface area contributed by atoms with Crippen LogP contribution in [0.2, 0.25) is 5.02 Å². The zero-order valence-electron chi connectivity index (χ0n) is 11.4. The first-order valence-corrected chi connectivity index (χ1v) is 6.92. The van der Waals surface area contributed by atoms with E-state index in [1.807, 2.05) is 18.2 Å². The van der Waals surface area contributed by atoms with Crippen molar-refractivity contribution >= 4 is 29.1 Å². The van der Waals surface area contributed by atoms with Gasteiger partial charge in [0.05, 0.1) is 6.54 Å². The summed E-state index contributed by atoms with van der Waals surface area (Å²) >= 11 is 6.17. The molecule has 1 aromatic carbocycles. The molecule has 2 N–H and O–H groups in total. The summed E-state index contributed by atoms with van der Waals surface area (Å²) in [6.07, 6.45) is -0.564. The summed E-state index contributed by atoms with van der Waals surface area (Å²) in [5.41, 5.74) is 6.56. The Labute approximate surface area is 127 Å². The molecular formula is C15H14ClN3O2. The van der Waals surface area contributed by atoms with Crippen molar-refractivity contribution in [2.45, 2.75) is 19.6 Å². The van der Waals surface area contributed by atoms with Crippen LogP contribution in [0.25, 0.3) is 0 Å². The van der Waals surface area contributed by atoms with Crippen LogP contribution in [0.15, 0.2) is 36.4 Å². The number of hydrogen-bond donors (Lipinski definition) is 1. The third kappa shape index (κ3) is 2.52. The van der Waals surface area contributed by atoms with Crippen LogP contribution < -0.4 is 15.4 Å². The molecule has 3 rings (SSSR count). The Kier molecular flexibility index (Phi) is 3.43. The Morgan fingerprint density at radius 1 is 1.33 bits per heavy atom. The van der Waals surface area contributed by atoms with E-state index in [0.29, 0.717) is 29.0 Å². The average Bonchev–Trinajstić information content (AvgIpc) is 2.46. The molecule has 2 heterocycles. The smallest absolute Gasteiger partial charge is 0.269 e. The summed E-state index contributed by atoms with van der Waals surface area (Å²) in [6, 6.07) is 10.8. The second kappa shape index (κ2) is 5.26. The largest absolute Gasteiger partial charge is 0.477 e. The molecule has 1 aliphatic heterocycles. The van der Waals surface area contributed by atoms with Gasteiger partial charge in [-0.3, -0.25) is 9.69 Å². The maximum absolute atomic E-state index is 12.4. The van der Waals surface area contributed by atoms with E-state index in [2.05, 4.69) is 4.98 Å². The normalized spacial score (nSPS) is 17.3. The van der Waals surface area contributed by atoms with Gasteiger partial charge in [0.2, 0.25) is 0 Å². The maximum Gasteiger partial charge on any atom is 0.269 e. The topological polar surface area (TPSA) is 68.5 Å². The van der Waals surface area contributed by atoms with Crippen molar-refractivity contribution in [3.8, 4) is 5.75 Å². The molecule has 0 fully saturated rings. The highest BCUT2D eigenvalue weighted by atomic mass is 35.5. The number of nitrogen functional groups attached to an aromatic ring is 1. The summed E-state index contributed by atoms with van der Waals surface area (Å²) in [5, 5.41) is 0.606. The molecule has 0 saturated carbocycles. The predicted octanol–water partition coefficient (Wildman–Crippen LogP) is 2.63. The van der Waals surface area contributed by atoms with Gasteiger partial charge in [-0.1, -0.05) is 29.8 Å². The highest BCUT2D eigenvalue weighted by Crippen LogP contribution is 2.34. The molecule has 0 bridgehead atoms. The van der Waals surface area contributed by atoms with E-state index in [-0.39, 0.29) is 5.91 Å². The summed E-state index contributed by atoms with van der Waals surface area (Å²) in [7, 11) is 0. The van der Waals surface area contributed by atoms with Gasteiger partial charge in [-0.05, 0) is 30.7 Å². The lowest BCUT2D eigenvalue weighted by Gasteiger charge is -2.32. The third-order valence-corrected chi connectivity index (χ3v) is 3.69. The number of carbonyl (C=O) groups excluding carboxylic acids is 1. The van der Waals surface area contributed by atoms with Gasteiger partial charge in [0.15, 0.2) is 17.7 Å². The molecule has 21 heavy (non-hydrogen) atoms. The summed E-state index contributed by atoms with van der Waals surface area (Å²) < 4.78 is 5.55. The quantitative estimate of drug-likeness (QED) is 0.926. The molecule has 2 aromatic rings. The third-order valence-electron chi connectivity index (χ3n) is 3.32. The Balaban J connectivity index is 2.03. The van der Waals surface area contributed by atoms with Crippen LogP contribution in [-0.4, -0.2) is 17.0 Å². The van der Waals surface area contributed by atoms with Crippen LogP contribution in [0.5, 0.6) is 5.75 Å². The van der Waals surface area contributed by atoms with Gasteiger partial charge in [0.1, 0.15) is 5.82 Å². The number of pyridine rings is 1. The number of nitrogens with two attached hydrogens (primary N) is 1. The van der Waals surface area contributed by atoms with Crippen LogP contribution in [0.1, 0.15) is 12.5 Å². The Bertz CT molecular complexity index is 705. The van der Waals surface area contributed by atoms with Crippen LogP contribution >= 0.6 is 11.6 Å². The second-order valence-electron chi connectivity index (χ2n) is 4.83. The second-order valence-corrected chi connectivity index (χ2v) is 5.24. The molecule has 108 valence electrons. The molecule has 6 heteroatoms. The first-order chi connectivity index (χ1) is 10.1. The van der Waals surface area contributed by atoms with Crippen molar-refractivity contribution in [1.82, 2.24) is 4.98 Å². The van der Waals surface area contributed by atoms with E-state index < -0.39 is 6.10 Å². The fourth-order valence-electron chi connectivity index (χ4n) is 2.25. The highest BCUT2D eigenvalue weighted by Gasteiger charge is 2.33. The molecule has 0 aliphatic carbocycles. The molecule has 1 aromatic heterocycles. The van der Waals surface area contributed by atoms with Crippen LogP contribution in [-0.2, 0) is 11.3 Å². The zero-order valence-corrected chi connectivity index (χ0v) is 12.2. The van der Waals surface area contributed by atoms with E-state index in [1.54, 1.807) is 30.0 Å². The highest BCUT2D eigenvalue weighted by molar-refractivity contribution is 6.31. The van der Waals surface area contributed by atoms with Crippen molar-refractivity contribution in [1.29, 1.82) is 0 Å². The molecule has 0 spiro atoms. The van der Waals surface area contributed by atoms with E-state index in [0.717, 1.165) is 5.56 Å². The van der Waals surface area contributed by atoms with E-state index in [4.69, 9.17) is 22.1 Å². The monoisotopic (exact) mass is 303 g/mol. The minimum Gasteiger partial charge on any atom is -0.477 e. The molecule has 1 amide bonds. The van der Waals surface area contributed by atoms with E-state index in [1.165, 1.54) is 0 Å². The Hall–Kier alpha value is -2.27. The fraction of sp³-hybridized carbons (Fsp3) is 0.200. The van der Waals surface area contributed by atoms with Gasteiger partial charge in [0, 0.05) is 5.02 Å². The number of hydrogen-bond acceptors (Lipinski definition) is 4. The van der Waals surface area contributed by atoms with Gasteiger partial charge in [0.25, 0.3) is 5.91 Å². The van der Waals surface area contributed by atoms with Crippen LogP contribution in [0, 0.1) is 0 Å². The van der Waals surface area contributed by atoms with Crippen molar-refractivity contribution < 1.29 is 9.53 Å². The summed E-state index contributed by atoms with van der Waals surface area (Å²) in [5.74, 6) is 1.14. The number of rotatable bonds is 2. The molecule has 1 aliphatic rings. The Morgan fingerprint density at radius 2 is 2.10 bits per heavy atom. The molecule has 1 atom stereocenters. The molecular weight excluding hydrogens is 290 g/mol. The predicted molar refractivity (Wildman–Crippen MR) is 81.4 cm³/mol. The SMILES string of the molecule is CC1Oc2ccc(N)nc2N(Cc2ccccc2Cl)C1=O. The first kappa shape index (κ1) is 13.7. The lowest BCUT2D eigenvalue weighted by molar-refractivity contribution is -0.125.